The molecule has 1 fully saturated rings. The maximum Gasteiger partial charge on any atom is 0.0714 e. The molecule has 58 heavy (non-hydrogen) atoms. The van der Waals surface area contributed by atoms with Crippen molar-refractivity contribution in [1.82, 2.24) is 0 Å². The topological polar surface area (TPSA) is 3.24 Å². The molecule has 3 aliphatic carbocycles. The summed E-state index contributed by atoms with van der Waals surface area (Å²) in [7, 11) is 0. The van der Waals surface area contributed by atoms with Gasteiger partial charge in [-0.2, -0.15) is 0 Å². The summed E-state index contributed by atoms with van der Waals surface area (Å²) >= 11 is 0. The minimum absolute atomic E-state index is 0.0335. The Labute approximate surface area is 343 Å². The zero-order chi connectivity index (χ0) is 39.1. The molecule has 0 aliphatic heterocycles. The van der Waals surface area contributed by atoms with Crippen LogP contribution in [0.25, 0.3) is 33.0 Å². The lowest BCUT2D eigenvalue weighted by Crippen LogP contribution is -2.29. The highest BCUT2D eigenvalue weighted by molar-refractivity contribution is 5.92. The second kappa shape index (κ2) is 13.2. The predicted molar refractivity (Wildman–Crippen MR) is 244 cm³/mol. The Balaban J connectivity index is 1.16. The molecule has 0 unspecified atom stereocenters. The average Bonchev–Trinajstić information content (AvgIpc) is 3.71. The van der Waals surface area contributed by atoms with Gasteiger partial charge in [0.05, 0.1) is 5.41 Å². The highest BCUT2D eigenvalue weighted by atomic mass is 15.1. The van der Waals surface area contributed by atoms with Crippen molar-refractivity contribution in [1.29, 1.82) is 0 Å². The lowest BCUT2D eigenvalue weighted by molar-refractivity contribution is 0.352. The summed E-state index contributed by atoms with van der Waals surface area (Å²) in [6, 6.07) is 69.1. The molecule has 8 aromatic rings. The molecule has 0 radical (unpaired) electrons. The first-order valence-corrected chi connectivity index (χ1v) is 21.3. The zero-order valence-electron chi connectivity index (χ0n) is 33.8. The van der Waals surface area contributed by atoms with E-state index in [1.165, 1.54) is 110 Å². The number of rotatable bonds is 5. The molecule has 11 rings (SSSR count). The molecule has 0 saturated heterocycles. The normalized spacial score (nSPS) is 15.8. The standard InChI is InChI=1S/C57H49N/c1-55(2,3)51-28-17-29-52-54(51)48-33-32-45(38-53(48)56(52)34-14-5-15-35-56)58(44-31-30-39-18-8-9-19-40(39)36-44)43-23-16-22-42(37-43)57(41-20-6-4-7-21-41)49-26-12-10-24-46(49)47-25-11-13-27-50(47)57/h4,6-13,16-33,36-38H,5,14-15,34-35H2,1-3H3. The van der Waals surface area contributed by atoms with Crippen LogP contribution >= 0.6 is 0 Å². The average molecular weight is 748 g/mol. The Morgan fingerprint density at radius 2 is 1.00 bits per heavy atom. The molecule has 1 heteroatoms. The van der Waals surface area contributed by atoms with E-state index in [0.717, 1.165) is 5.69 Å². The van der Waals surface area contributed by atoms with Gasteiger partial charge in [0.2, 0.25) is 0 Å². The zero-order valence-corrected chi connectivity index (χ0v) is 33.8. The smallest absolute Gasteiger partial charge is 0.0714 e. The van der Waals surface area contributed by atoms with Gasteiger partial charge in [-0.15, -0.1) is 0 Å². The summed E-state index contributed by atoms with van der Waals surface area (Å²) in [5.41, 5.74) is 18.4. The Morgan fingerprint density at radius 3 is 1.74 bits per heavy atom. The van der Waals surface area contributed by atoms with Gasteiger partial charge >= 0.3 is 0 Å². The number of hydrogen-bond acceptors (Lipinski definition) is 1. The highest BCUT2D eigenvalue weighted by Crippen LogP contribution is 2.60. The summed E-state index contributed by atoms with van der Waals surface area (Å²) in [6.45, 7) is 7.13. The highest BCUT2D eigenvalue weighted by Gasteiger charge is 2.47. The van der Waals surface area contributed by atoms with Gasteiger partial charge in [0.1, 0.15) is 0 Å². The second-order valence-corrected chi connectivity index (χ2v) is 18.0. The number of nitrogens with zero attached hydrogens (tertiary/aromatic N) is 1. The van der Waals surface area contributed by atoms with Crippen molar-refractivity contribution in [3.8, 4) is 22.3 Å². The van der Waals surface area contributed by atoms with Crippen LogP contribution in [0.2, 0.25) is 0 Å². The van der Waals surface area contributed by atoms with Crippen molar-refractivity contribution < 1.29 is 0 Å². The van der Waals surface area contributed by atoms with Gasteiger partial charge in [0.15, 0.2) is 0 Å². The minimum Gasteiger partial charge on any atom is -0.310 e. The van der Waals surface area contributed by atoms with E-state index in [2.05, 4.69) is 208 Å². The third-order valence-electron chi connectivity index (χ3n) is 13.8. The summed E-state index contributed by atoms with van der Waals surface area (Å²) in [6.07, 6.45) is 6.26. The molecule has 3 aliphatic rings. The van der Waals surface area contributed by atoms with Crippen LogP contribution in [0, 0.1) is 0 Å². The van der Waals surface area contributed by atoms with Crippen LogP contribution in [0.15, 0.2) is 182 Å². The van der Waals surface area contributed by atoms with Crippen molar-refractivity contribution in [2.45, 2.75) is 69.1 Å². The van der Waals surface area contributed by atoms with Gasteiger partial charge in [0, 0.05) is 22.5 Å². The van der Waals surface area contributed by atoms with Crippen molar-refractivity contribution in [3.63, 3.8) is 0 Å². The fourth-order valence-electron chi connectivity index (χ4n) is 11.3. The van der Waals surface area contributed by atoms with Crippen molar-refractivity contribution in [2.24, 2.45) is 0 Å². The summed E-state index contributed by atoms with van der Waals surface area (Å²) in [5.74, 6) is 0. The molecule has 0 heterocycles. The molecule has 1 spiro atoms. The summed E-state index contributed by atoms with van der Waals surface area (Å²) < 4.78 is 0. The Kier molecular flexibility index (Phi) is 7.96. The first-order valence-electron chi connectivity index (χ1n) is 21.3. The lowest BCUT2D eigenvalue weighted by atomic mass is 9.67. The largest absolute Gasteiger partial charge is 0.310 e. The minimum atomic E-state index is -0.478. The van der Waals surface area contributed by atoms with Crippen LogP contribution in [-0.2, 0) is 16.2 Å². The maximum absolute atomic E-state index is 2.59. The van der Waals surface area contributed by atoms with Gasteiger partial charge in [0.25, 0.3) is 0 Å². The maximum atomic E-state index is 2.59. The fourth-order valence-corrected chi connectivity index (χ4v) is 11.3. The van der Waals surface area contributed by atoms with Crippen LogP contribution in [-0.4, -0.2) is 0 Å². The van der Waals surface area contributed by atoms with Crippen LogP contribution in [0.5, 0.6) is 0 Å². The SMILES string of the molecule is CC(C)(C)c1cccc2c1-c1ccc(N(c3cccc(C4(c5ccccc5)c5ccccc5-c5ccccc54)c3)c3ccc4ccccc4c3)cc1C21CCCCC1. The van der Waals surface area contributed by atoms with E-state index in [1.807, 2.05) is 0 Å². The van der Waals surface area contributed by atoms with Crippen molar-refractivity contribution in [3.05, 3.63) is 221 Å². The first-order chi connectivity index (χ1) is 28.4. The fraction of sp³-hybridized carbons (Fsp3) is 0.193. The number of hydrogen-bond donors (Lipinski definition) is 0. The molecule has 0 N–H and O–H groups in total. The van der Waals surface area contributed by atoms with Gasteiger partial charge in [-0.3, -0.25) is 0 Å². The number of anilines is 3. The van der Waals surface area contributed by atoms with E-state index in [-0.39, 0.29) is 10.8 Å². The van der Waals surface area contributed by atoms with Crippen molar-refractivity contribution in [2.75, 3.05) is 4.90 Å². The molecule has 1 nitrogen and oxygen atoms in total. The van der Waals surface area contributed by atoms with Gasteiger partial charge in [-0.1, -0.05) is 186 Å². The second-order valence-electron chi connectivity index (χ2n) is 18.0. The molecule has 0 aromatic heterocycles. The van der Waals surface area contributed by atoms with E-state index >= 15 is 0 Å². The summed E-state index contributed by atoms with van der Waals surface area (Å²) in [4.78, 5) is 2.53. The van der Waals surface area contributed by atoms with Gasteiger partial charge in [-0.05, 0) is 127 Å². The first kappa shape index (κ1) is 35.0. The third kappa shape index (κ3) is 5.08. The molecular formula is C57H49N. The molecule has 0 bridgehead atoms. The van der Waals surface area contributed by atoms with Crippen molar-refractivity contribution >= 4 is 27.8 Å². The van der Waals surface area contributed by atoms with E-state index in [0.29, 0.717) is 0 Å². The Hall–Kier alpha value is -6.18. The molecular weight excluding hydrogens is 699 g/mol. The molecule has 0 amide bonds. The molecule has 0 atom stereocenters. The van der Waals surface area contributed by atoms with E-state index in [4.69, 9.17) is 0 Å². The number of fused-ring (bicyclic) bond motifs is 9. The molecule has 282 valence electrons. The van der Waals surface area contributed by atoms with E-state index in [9.17, 15) is 0 Å². The van der Waals surface area contributed by atoms with Gasteiger partial charge < -0.3 is 4.90 Å². The predicted octanol–water partition coefficient (Wildman–Crippen LogP) is 15.2. The Bertz CT molecular complexity index is 2820. The van der Waals surface area contributed by atoms with Crippen LogP contribution in [0.4, 0.5) is 17.1 Å². The Morgan fingerprint density at radius 1 is 0.414 bits per heavy atom. The summed E-state index contributed by atoms with van der Waals surface area (Å²) in [5, 5.41) is 2.50. The lowest BCUT2D eigenvalue weighted by Gasteiger charge is -2.37. The van der Waals surface area contributed by atoms with E-state index in [1.54, 1.807) is 5.56 Å². The molecule has 8 aromatic carbocycles. The number of benzene rings is 8. The monoisotopic (exact) mass is 747 g/mol. The third-order valence-corrected chi connectivity index (χ3v) is 13.8. The van der Waals surface area contributed by atoms with Gasteiger partial charge in [-0.25, -0.2) is 0 Å². The van der Waals surface area contributed by atoms with Crippen LogP contribution in [0.3, 0.4) is 0 Å². The molecule has 1 saturated carbocycles. The van der Waals surface area contributed by atoms with Crippen LogP contribution in [0.1, 0.15) is 91.8 Å². The van der Waals surface area contributed by atoms with Crippen LogP contribution < -0.4 is 4.90 Å². The van der Waals surface area contributed by atoms with E-state index < -0.39 is 5.41 Å². The quantitative estimate of drug-likeness (QED) is 0.169.